The molecule has 0 aromatic carbocycles. The van der Waals surface area contributed by atoms with Crippen molar-refractivity contribution < 1.29 is 24.8 Å². The van der Waals surface area contributed by atoms with Crippen molar-refractivity contribution in [3.63, 3.8) is 0 Å². The predicted octanol–water partition coefficient (Wildman–Crippen LogP) is -0.0183. The second-order valence-electron chi connectivity index (χ2n) is 7.34. The number of hydrogen-bond acceptors (Lipinski definition) is 5. The molecule has 2 aliphatic heterocycles. The number of aliphatic hydroxyl groups excluding tert-OH is 3. The first-order chi connectivity index (χ1) is 9.28. The molecule has 3 fully saturated rings. The molecule has 5 heteroatoms. The van der Waals surface area contributed by atoms with Gasteiger partial charge in [-0.2, -0.15) is 0 Å². The van der Waals surface area contributed by atoms with Crippen molar-refractivity contribution in [3.8, 4) is 0 Å². The van der Waals surface area contributed by atoms with Crippen LogP contribution in [0.3, 0.4) is 0 Å². The zero-order valence-corrected chi connectivity index (χ0v) is 12.0. The van der Waals surface area contributed by atoms with Crippen molar-refractivity contribution in [2.45, 2.75) is 63.3 Å². The van der Waals surface area contributed by atoms with E-state index < -0.39 is 34.7 Å². The van der Waals surface area contributed by atoms with Crippen LogP contribution in [0.1, 0.15) is 27.2 Å². The van der Waals surface area contributed by atoms with Crippen LogP contribution in [0.2, 0.25) is 0 Å². The molecule has 2 saturated heterocycles. The fourth-order valence-electron chi connectivity index (χ4n) is 4.99. The highest BCUT2D eigenvalue weighted by Crippen LogP contribution is 2.71. The van der Waals surface area contributed by atoms with Gasteiger partial charge in [0.05, 0.1) is 24.9 Å². The van der Waals surface area contributed by atoms with Crippen LogP contribution in [0.5, 0.6) is 0 Å². The van der Waals surface area contributed by atoms with Gasteiger partial charge in [-0.25, -0.2) is 0 Å². The number of ether oxygens (including phenoxy) is 2. The third-order valence-electron chi connectivity index (χ3n) is 6.68. The molecule has 5 nitrogen and oxygen atoms in total. The Kier molecular flexibility index (Phi) is 2.29. The normalized spacial score (nSPS) is 64.1. The molecule has 0 aromatic rings. The Hall–Kier alpha value is -0.460. The number of rotatable bonds is 0. The van der Waals surface area contributed by atoms with Gasteiger partial charge in [0.1, 0.15) is 17.8 Å². The number of fused-ring (bicyclic) bond motifs is 2. The van der Waals surface area contributed by atoms with Crippen LogP contribution in [-0.4, -0.2) is 58.0 Å². The van der Waals surface area contributed by atoms with E-state index in [0.29, 0.717) is 13.0 Å². The number of aliphatic hydroxyl groups is 3. The molecule has 2 heterocycles. The van der Waals surface area contributed by atoms with E-state index in [-0.39, 0.29) is 12.2 Å². The molecular formula is C15H22O5. The zero-order chi connectivity index (χ0) is 14.5. The maximum atomic E-state index is 10.7. The molecule has 2 unspecified atom stereocenters. The molecule has 1 spiro atoms. The third-order valence-corrected chi connectivity index (χ3v) is 6.68. The standard InChI is InChI=1S/C15H22O5/c1-7-4-9-14(3,11(18)10(7)17)13(2)5-8(16)12(20-9)15(13)6-19-15/h4,8-12,16-18H,5-6H2,1-3H3/t8-,9-,10?,11?,12-,13-,14-,15+/m1/s1. The zero-order valence-electron chi connectivity index (χ0n) is 12.0. The second kappa shape index (κ2) is 3.47. The maximum absolute atomic E-state index is 10.7. The Morgan fingerprint density at radius 3 is 2.50 bits per heavy atom. The fraction of sp³-hybridized carbons (Fsp3) is 0.867. The van der Waals surface area contributed by atoms with Gasteiger partial charge in [0.2, 0.25) is 0 Å². The summed E-state index contributed by atoms with van der Waals surface area (Å²) in [6.45, 7) is 6.36. The Bertz CT molecular complexity index is 498. The predicted molar refractivity (Wildman–Crippen MR) is 70.0 cm³/mol. The molecule has 2 aliphatic carbocycles. The van der Waals surface area contributed by atoms with E-state index in [1.807, 2.05) is 13.0 Å². The quantitative estimate of drug-likeness (QED) is 0.430. The monoisotopic (exact) mass is 282 g/mol. The first-order valence-electron chi connectivity index (χ1n) is 7.30. The van der Waals surface area contributed by atoms with Crippen molar-refractivity contribution in [1.29, 1.82) is 0 Å². The lowest BCUT2D eigenvalue weighted by atomic mass is 9.51. The average molecular weight is 282 g/mol. The highest BCUT2D eigenvalue weighted by molar-refractivity contribution is 5.34. The number of hydrogen-bond donors (Lipinski definition) is 3. The molecule has 4 rings (SSSR count). The van der Waals surface area contributed by atoms with Crippen LogP contribution in [0, 0.1) is 10.8 Å². The average Bonchev–Trinajstić information content (AvgIpc) is 3.15. The largest absolute Gasteiger partial charge is 0.390 e. The lowest BCUT2D eigenvalue weighted by Gasteiger charge is -2.59. The summed E-state index contributed by atoms with van der Waals surface area (Å²) in [6.07, 6.45) is -0.600. The lowest BCUT2D eigenvalue weighted by Crippen LogP contribution is -2.68. The van der Waals surface area contributed by atoms with E-state index in [1.54, 1.807) is 6.92 Å². The van der Waals surface area contributed by atoms with Crippen LogP contribution in [-0.2, 0) is 9.47 Å². The van der Waals surface area contributed by atoms with Crippen LogP contribution >= 0.6 is 0 Å². The molecule has 0 amide bonds. The minimum absolute atomic E-state index is 0.303. The first kappa shape index (κ1) is 13.2. The van der Waals surface area contributed by atoms with Gasteiger partial charge in [-0.05, 0) is 18.9 Å². The summed E-state index contributed by atoms with van der Waals surface area (Å²) in [5.74, 6) is 0. The highest BCUT2D eigenvalue weighted by atomic mass is 16.6. The summed E-state index contributed by atoms with van der Waals surface area (Å²) in [7, 11) is 0. The van der Waals surface area contributed by atoms with E-state index in [4.69, 9.17) is 9.47 Å². The summed E-state index contributed by atoms with van der Waals surface area (Å²) in [6, 6.07) is 0. The molecular weight excluding hydrogens is 260 g/mol. The molecule has 0 radical (unpaired) electrons. The Balaban J connectivity index is 1.90. The summed E-state index contributed by atoms with van der Waals surface area (Å²) < 4.78 is 11.8. The highest BCUT2D eigenvalue weighted by Gasteiger charge is 2.81. The fourth-order valence-corrected chi connectivity index (χ4v) is 4.99. The van der Waals surface area contributed by atoms with Crippen molar-refractivity contribution in [2.24, 2.45) is 10.8 Å². The van der Waals surface area contributed by atoms with E-state index in [9.17, 15) is 15.3 Å². The molecule has 4 aliphatic rings. The van der Waals surface area contributed by atoms with Gasteiger partial charge in [-0.15, -0.1) is 0 Å². The Labute approximate surface area is 118 Å². The van der Waals surface area contributed by atoms with Gasteiger partial charge in [0.15, 0.2) is 0 Å². The van der Waals surface area contributed by atoms with Gasteiger partial charge in [-0.3, -0.25) is 0 Å². The minimum Gasteiger partial charge on any atom is -0.390 e. The summed E-state index contributed by atoms with van der Waals surface area (Å²) >= 11 is 0. The van der Waals surface area contributed by atoms with Crippen molar-refractivity contribution in [2.75, 3.05) is 6.61 Å². The first-order valence-corrected chi connectivity index (χ1v) is 7.30. The van der Waals surface area contributed by atoms with Crippen molar-refractivity contribution >= 4 is 0 Å². The Morgan fingerprint density at radius 2 is 1.90 bits per heavy atom. The summed E-state index contributed by atoms with van der Waals surface area (Å²) in [5, 5.41) is 31.3. The van der Waals surface area contributed by atoms with E-state index in [1.165, 1.54) is 0 Å². The topological polar surface area (TPSA) is 82.5 Å². The molecule has 2 bridgehead atoms. The number of epoxide rings is 1. The molecule has 8 atom stereocenters. The van der Waals surface area contributed by atoms with Gasteiger partial charge in [-0.1, -0.05) is 19.9 Å². The van der Waals surface area contributed by atoms with Crippen LogP contribution in [0.15, 0.2) is 11.6 Å². The minimum atomic E-state index is -0.921. The van der Waals surface area contributed by atoms with Gasteiger partial charge in [0, 0.05) is 10.8 Å². The van der Waals surface area contributed by atoms with E-state index in [0.717, 1.165) is 5.57 Å². The van der Waals surface area contributed by atoms with E-state index >= 15 is 0 Å². The summed E-state index contributed by atoms with van der Waals surface area (Å²) in [4.78, 5) is 0. The lowest BCUT2D eigenvalue weighted by molar-refractivity contribution is -0.242. The Morgan fingerprint density at radius 1 is 1.25 bits per heavy atom. The summed E-state index contributed by atoms with van der Waals surface area (Å²) in [5.41, 5.74) is -0.858. The smallest absolute Gasteiger partial charge is 0.126 e. The van der Waals surface area contributed by atoms with E-state index in [2.05, 4.69) is 6.92 Å². The maximum Gasteiger partial charge on any atom is 0.126 e. The van der Waals surface area contributed by atoms with Crippen LogP contribution < -0.4 is 0 Å². The van der Waals surface area contributed by atoms with Crippen LogP contribution in [0.25, 0.3) is 0 Å². The molecule has 1 saturated carbocycles. The van der Waals surface area contributed by atoms with Crippen molar-refractivity contribution in [3.05, 3.63) is 11.6 Å². The SMILES string of the molecule is CC1=C[C@H]2O[C@@H]3[C@H](O)C[C@@](C)([C@]34CO4)[C@@]2(C)C(O)C1O. The second-order valence-corrected chi connectivity index (χ2v) is 7.34. The third kappa shape index (κ3) is 1.12. The molecule has 0 aromatic heterocycles. The molecule has 20 heavy (non-hydrogen) atoms. The van der Waals surface area contributed by atoms with Gasteiger partial charge >= 0.3 is 0 Å². The van der Waals surface area contributed by atoms with Gasteiger partial charge in [0.25, 0.3) is 0 Å². The van der Waals surface area contributed by atoms with Gasteiger partial charge < -0.3 is 24.8 Å². The molecule has 3 N–H and O–H groups in total. The van der Waals surface area contributed by atoms with Crippen molar-refractivity contribution in [1.82, 2.24) is 0 Å². The molecule has 112 valence electrons. The van der Waals surface area contributed by atoms with Crippen LogP contribution in [0.4, 0.5) is 0 Å².